The average molecular weight is 822 g/mol. The molecule has 0 aromatic carbocycles. The Morgan fingerprint density at radius 3 is 1.66 bits per heavy atom. The van der Waals surface area contributed by atoms with Crippen LogP contribution in [0.25, 0.3) is 0 Å². The number of nitrogens with one attached hydrogen (secondary N) is 1. The lowest BCUT2D eigenvalue weighted by Crippen LogP contribution is -2.61. The van der Waals surface area contributed by atoms with Crippen molar-refractivity contribution in [2.45, 2.75) is 223 Å². The van der Waals surface area contributed by atoms with Gasteiger partial charge in [-0.05, 0) is 44.9 Å². The first-order valence-corrected chi connectivity index (χ1v) is 23.2. The van der Waals surface area contributed by atoms with Gasteiger partial charge in [-0.1, -0.05) is 154 Å². The lowest BCUT2D eigenvalue weighted by molar-refractivity contribution is -0.298. The quantitative estimate of drug-likeness (QED) is 0.0199. The third-order valence-corrected chi connectivity index (χ3v) is 10.8. The first-order valence-electron chi connectivity index (χ1n) is 21.8. The molecule has 1 aliphatic rings. The monoisotopic (exact) mass is 822 g/mol. The molecule has 1 heterocycles. The number of aliphatic hydroxyl groups is 5. The van der Waals surface area contributed by atoms with Gasteiger partial charge in [0.05, 0.1) is 25.4 Å². The maximum Gasteiger partial charge on any atom is 0.397 e. The summed E-state index contributed by atoms with van der Waals surface area (Å²) in [5.41, 5.74) is 0. The third-order valence-electron chi connectivity index (χ3n) is 10.3. The zero-order valence-electron chi connectivity index (χ0n) is 34.6. The lowest BCUT2D eigenvalue weighted by Gasteiger charge is -2.41. The van der Waals surface area contributed by atoms with Gasteiger partial charge < -0.3 is 40.3 Å². The summed E-state index contributed by atoms with van der Waals surface area (Å²) >= 11 is 0. The fourth-order valence-corrected chi connectivity index (χ4v) is 7.32. The van der Waals surface area contributed by atoms with E-state index in [4.69, 9.17) is 14.0 Å². The number of allylic oxidation sites excluding steroid dienone is 3. The van der Waals surface area contributed by atoms with Gasteiger partial charge in [0.15, 0.2) is 6.29 Å². The number of ether oxygens (including phenoxy) is 2. The van der Waals surface area contributed by atoms with Crippen LogP contribution in [-0.2, 0) is 28.9 Å². The van der Waals surface area contributed by atoms with Gasteiger partial charge in [-0.25, -0.2) is 4.18 Å². The number of carbonyl (C=O) groups is 1. The Kier molecular flexibility index (Phi) is 31.3. The molecule has 0 aliphatic carbocycles. The van der Waals surface area contributed by atoms with Crippen molar-refractivity contribution in [3.05, 3.63) is 24.3 Å². The van der Waals surface area contributed by atoms with Crippen molar-refractivity contribution >= 4 is 16.3 Å². The van der Waals surface area contributed by atoms with E-state index in [1.54, 1.807) is 0 Å². The summed E-state index contributed by atoms with van der Waals surface area (Å²) in [6.07, 6.45) is 24.1. The van der Waals surface area contributed by atoms with Crippen LogP contribution < -0.4 is 5.32 Å². The first kappa shape index (κ1) is 52.6. The second-order valence-electron chi connectivity index (χ2n) is 15.4. The highest BCUT2D eigenvalue weighted by molar-refractivity contribution is 7.80. The van der Waals surface area contributed by atoms with E-state index in [9.17, 15) is 38.7 Å². The van der Waals surface area contributed by atoms with Gasteiger partial charge in [-0.15, -0.1) is 0 Å². The number of hydrogen-bond acceptors (Lipinski definition) is 11. The van der Waals surface area contributed by atoms with E-state index < -0.39 is 78.5 Å². The van der Waals surface area contributed by atoms with Crippen LogP contribution in [0.5, 0.6) is 0 Å². The summed E-state index contributed by atoms with van der Waals surface area (Å²) in [6, 6.07) is -1.12. The summed E-state index contributed by atoms with van der Waals surface area (Å²) in [5, 5.41) is 55.0. The second kappa shape index (κ2) is 33.4. The molecule has 330 valence electrons. The first-order chi connectivity index (χ1) is 26.9. The summed E-state index contributed by atoms with van der Waals surface area (Å²) < 4.78 is 47.4. The van der Waals surface area contributed by atoms with Gasteiger partial charge in [-0.3, -0.25) is 9.35 Å². The minimum absolute atomic E-state index is 0.236. The highest BCUT2D eigenvalue weighted by atomic mass is 32.3. The number of unbranched alkanes of at least 4 members (excludes halogenated alkanes) is 21. The second-order valence-corrected chi connectivity index (χ2v) is 16.5. The Labute approximate surface area is 338 Å². The molecule has 1 rings (SSSR count). The molecular formula is C42H79NO12S. The average Bonchev–Trinajstić information content (AvgIpc) is 3.16. The molecule has 1 amide bonds. The summed E-state index contributed by atoms with van der Waals surface area (Å²) in [4.78, 5) is 13.1. The van der Waals surface area contributed by atoms with Gasteiger partial charge in [0.25, 0.3) is 0 Å². The molecular weight excluding hydrogens is 743 g/mol. The van der Waals surface area contributed by atoms with Crippen molar-refractivity contribution in [1.29, 1.82) is 0 Å². The van der Waals surface area contributed by atoms with Gasteiger partial charge in [-0.2, -0.15) is 8.42 Å². The Bertz CT molecular complexity index is 1120. The Morgan fingerprint density at radius 2 is 1.18 bits per heavy atom. The van der Waals surface area contributed by atoms with Gasteiger partial charge in [0.2, 0.25) is 5.91 Å². The standard InChI is InChI=1S/C42H79NO12S/c1-3-5-7-9-11-13-15-16-17-18-19-21-23-25-27-29-31-36(46)41(49)43-34(35(45)30-28-26-24-22-20-14-12-10-8-6-4-2)33-53-42-39(48)40(55-56(50,51)52)38(47)37(32-44)54-42/h16-17,28,30,34-40,42,44-48H,3-15,18-27,29,31-33H2,1-2H3,(H,43,49)(H,50,51,52)/b17-16-,30-28+. The van der Waals surface area contributed by atoms with Gasteiger partial charge >= 0.3 is 10.4 Å². The molecule has 8 unspecified atom stereocenters. The van der Waals surface area contributed by atoms with Gasteiger partial charge in [0.1, 0.15) is 30.5 Å². The molecule has 0 aromatic heterocycles. The van der Waals surface area contributed by atoms with Crippen LogP contribution in [0.1, 0.15) is 174 Å². The van der Waals surface area contributed by atoms with Crippen LogP contribution in [0.2, 0.25) is 0 Å². The van der Waals surface area contributed by atoms with E-state index in [1.165, 1.54) is 83.1 Å². The Balaban J connectivity index is 2.61. The van der Waals surface area contributed by atoms with Crippen molar-refractivity contribution in [3.63, 3.8) is 0 Å². The Hall–Kier alpha value is -1.46. The molecule has 1 saturated heterocycles. The molecule has 13 nitrogen and oxygen atoms in total. The smallest absolute Gasteiger partial charge is 0.394 e. The number of carbonyl (C=O) groups excluding carboxylic acids is 1. The molecule has 0 aromatic rings. The van der Waals surface area contributed by atoms with Crippen molar-refractivity contribution < 1.29 is 57.0 Å². The van der Waals surface area contributed by atoms with E-state index in [2.05, 4.69) is 35.5 Å². The van der Waals surface area contributed by atoms with Crippen LogP contribution in [0.4, 0.5) is 0 Å². The van der Waals surface area contributed by atoms with E-state index in [0.29, 0.717) is 12.8 Å². The van der Waals surface area contributed by atoms with Crippen molar-refractivity contribution in [2.75, 3.05) is 13.2 Å². The number of rotatable bonds is 36. The maximum absolute atomic E-state index is 13.1. The van der Waals surface area contributed by atoms with E-state index in [1.807, 2.05) is 6.08 Å². The molecule has 56 heavy (non-hydrogen) atoms. The number of aliphatic hydroxyl groups excluding tert-OH is 5. The lowest BCUT2D eigenvalue weighted by atomic mass is 9.99. The molecule has 0 bridgehead atoms. The number of amides is 1. The van der Waals surface area contributed by atoms with Gasteiger partial charge in [0, 0.05) is 0 Å². The van der Waals surface area contributed by atoms with Crippen LogP contribution >= 0.6 is 0 Å². The molecule has 1 aliphatic heterocycles. The predicted octanol–water partition coefficient (Wildman–Crippen LogP) is 6.74. The summed E-state index contributed by atoms with van der Waals surface area (Å²) in [6.45, 7) is 3.17. The fraction of sp³-hybridized carbons (Fsp3) is 0.881. The fourth-order valence-electron chi connectivity index (χ4n) is 6.81. The van der Waals surface area contributed by atoms with E-state index in [0.717, 1.165) is 64.2 Å². The topological polar surface area (TPSA) is 212 Å². The zero-order valence-corrected chi connectivity index (χ0v) is 35.4. The van der Waals surface area contributed by atoms with Crippen molar-refractivity contribution in [3.8, 4) is 0 Å². The predicted molar refractivity (Wildman–Crippen MR) is 219 cm³/mol. The molecule has 7 N–H and O–H groups in total. The highest BCUT2D eigenvalue weighted by Gasteiger charge is 2.48. The Morgan fingerprint density at radius 1 is 0.714 bits per heavy atom. The van der Waals surface area contributed by atoms with Crippen LogP contribution in [-0.4, -0.2) is 107 Å². The van der Waals surface area contributed by atoms with Crippen molar-refractivity contribution in [2.24, 2.45) is 0 Å². The molecule has 1 fully saturated rings. The minimum Gasteiger partial charge on any atom is -0.394 e. The van der Waals surface area contributed by atoms with E-state index >= 15 is 0 Å². The molecule has 8 atom stereocenters. The normalized spacial score (nSPS) is 22.2. The zero-order chi connectivity index (χ0) is 41.4. The number of hydrogen-bond donors (Lipinski definition) is 7. The largest absolute Gasteiger partial charge is 0.397 e. The maximum atomic E-state index is 13.1. The molecule has 0 radical (unpaired) electrons. The molecule has 14 heteroatoms. The molecule has 0 saturated carbocycles. The third kappa shape index (κ3) is 25.8. The van der Waals surface area contributed by atoms with Crippen LogP contribution in [0, 0.1) is 0 Å². The summed E-state index contributed by atoms with van der Waals surface area (Å²) in [5.74, 6) is -0.709. The van der Waals surface area contributed by atoms with Crippen LogP contribution in [0.15, 0.2) is 24.3 Å². The van der Waals surface area contributed by atoms with Crippen molar-refractivity contribution in [1.82, 2.24) is 5.32 Å². The summed E-state index contributed by atoms with van der Waals surface area (Å²) in [7, 11) is -5.11. The minimum atomic E-state index is -5.11. The van der Waals surface area contributed by atoms with Crippen LogP contribution in [0.3, 0.4) is 0 Å². The highest BCUT2D eigenvalue weighted by Crippen LogP contribution is 2.26. The van der Waals surface area contributed by atoms with E-state index in [-0.39, 0.29) is 6.42 Å². The SMILES string of the molecule is CCCCCCCC/C=C\CCCCCCCCC(O)C(=O)NC(COC1OC(CO)C(O)C(OS(=O)(=O)O)C1O)C(O)/C=C/CCCCCCCCCCC. The molecule has 0 spiro atoms.